The van der Waals surface area contributed by atoms with Gasteiger partial charge >= 0.3 is 8.60 Å². The molecule has 0 saturated carbocycles. The van der Waals surface area contributed by atoms with Crippen molar-refractivity contribution in [2.45, 2.75) is 0 Å². The Morgan fingerprint density at radius 1 is 0.750 bits per heavy atom. The molecule has 1 N–H and O–H groups in total. The van der Waals surface area contributed by atoms with Gasteiger partial charge < -0.3 is 13.9 Å². The van der Waals surface area contributed by atoms with Crippen LogP contribution in [0.25, 0.3) is 0 Å². The lowest BCUT2D eigenvalue weighted by Crippen LogP contribution is -1.95. The minimum atomic E-state index is -2.28. The highest BCUT2D eigenvalue weighted by Crippen LogP contribution is 2.42. The van der Waals surface area contributed by atoms with Crippen molar-refractivity contribution in [1.29, 1.82) is 0 Å². The second-order valence-corrected chi connectivity index (χ2v) is 6.10. The Labute approximate surface area is 136 Å². The summed E-state index contributed by atoms with van der Waals surface area (Å²) in [5, 5.41) is 1.45. The average Bonchev–Trinajstić information content (AvgIpc) is 2.38. The number of benzene rings is 2. The maximum atomic E-state index is 9.80. The molecule has 2 aromatic carbocycles. The van der Waals surface area contributed by atoms with E-state index in [1.807, 2.05) is 0 Å². The van der Waals surface area contributed by atoms with Crippen LogP contribution < -0.4 is 9.05 Å². The fourth-order valence-electron chi connectivity index (χ4n) is 1.28. The minimum Gasteiger partial charge on any atom is -0.416 e. The SMILES string of the molecule is OP(Oc1cc(Cl)ccc1Cl)Oc1cc(Cl)ccc1Cl. The van der Waals surface area contributed by atoms with Crippen LogP contribution in [0.5, 0.6) is 11.5 Å². The molecule has 0 amide bonds. The molecule has 0 heterocycles. The van der Waals surface area contributed by atoms with Crippen LogP contribution in [0.4, 0.5) is 0 Å². The molecule has 8 heteroatoms. The molecule has 0 saturated heterocycles. The van der Waals surface area contributed by atoms with Gasteiger partial charge in [-0.15, -0.1) is 0 Å². The lowest BCUT2D eigenvalue weighted by molar-refractivity contribution is 0.382. The first kappa shape index (κ1) is 16.0. The summed E-state index contributed by atoms with van der Waals surface area (Å²) in [5.74, 6) is 0.428. The Balaban J connectivity index is 2.10. The molecule has 0 aliphatic heterocycles. The van der Waals surface area contributed by atoms with Crippen LogP contribution in [0.1, 0.15) is 0 Å². The smallest absolute Gasteiger partial charge is 0.416 e. The summed E-state index contributed by atoms with van der Waals surface area (Å²) >= 11 is 23.5. The van der Waals surface area contributed by atoms with Crippen LogP contribution >= 0.6 is 55.0 Å². The first-order valence-electron chi connectivity index (χ1n) is 5.21. The van der Waals surface area contributed by atoms with Gasteiger partial charge in [0.05, 0.1) is 10.0 Å². The van der Waals surface area contributed by atoms with Crippen molar-refractivity contribution in [3.63, 3.8) is 0 Å². The predicted octanol–water partition coefficient (Wildman–Crippen LogP) is 5.98. The van der Waals surface area contributed by atoms with E-state index < -0.39 is 8.60 Å². The Hall–Kier alpha value is -0.410. The van der Waals surface area contributed by atoms with E-state index in [4.69, 9.17) is 55.5 Å². The number of rotatable bonds is 4. The summed E-state index contributed by atoms with van der Waals surface area (Å²) < 4.78 is 10.4. The van der Waals surface area contributed by atoms with E-state index in [0.717, 1.165) is 0 Å². The fourth-order valence-corrected chi connectivity index (χ4v) is 2.70. The molecule has 0 fully saturated rings. The molecule has 0 bridgehead atoms. The summed E-state index contributed by atoms with van der Waals surface area (Å²) in [4.78, 5) is 9.80. The summed E-state index contributed by atoms with van der Waals surface area (Å²) in [6, 6.07) is 9.25. The zero-order valence-corrected chi connectivity index (χ0v) is 13.6. The van der Waals surface area contributed by atoms with Crippen molar-refractivity contribution in [2.24, 2.45) is 0 Å². The number of halogens is 4. The van der Waals surface area contributed by atoms with E-state index >= 15 is 0 Å². The second-order valence-electron chi connectivity index (χ2n) is 3.57. The maximum absolute atomic E-state index is 9.80. The lowest BCUT2D eigenvalue weighted by atomic mass is 10.3. The lowest BCUT2D eigenvalue weighted by Gasteiger charge is -2.14. The summed E-state index contributed by atoms with van der Waals surface area (Å²) in [6.07, 6.45) is 0. The van der Waals surface area contributed by atoms with Crippen molar-refractivity contribution in [2.75, 3.05) is 0 Å². The van der Waals surface area contributed by atoms with Gasteiger partial charge in [-0.05, 0) is 24.3 Å². The Morgan fingerprint density at radius 2 is 1.15 bits per heavy atom. The van der Waals surface area contributed by atoms with Gasteiger partial charge in [-0.1, -0.05) is 46.4 Å². The first-order chi connectivity index (χ1) is 9.45. The zero-order valence-electron chi connectivity index (χ0n) is 9.69. The van der Waals surface area contributed by atoms with Crippen LogP contribution in [0.3, 0.4) is 0 Å². The third-order valence-electron chi connectivity index (χ3n) is 2.14. The molecule has 2 aromatic rings. The van der Waals surface area contributed by atoms with Gasteiger partial charge in [0.15, 0.2) is 0 Å². The van der Waals surface area contributed by atoms with Gasteiger partial charge in [-0.3, -0.25) is 0 Å². The molecule has 0 spiro atoms. The predicted molar refractivity (Wildman–Crippen MR) is 83.3 cm³/mol. The highest BCUT2D eigenvalue weighted by Gasteiger charge is 2.16. The van der Waals surface area contributed by atoms with Crippen LogP contribution in [0.15, 0.2) is 36.4 Å². The Kier molecular flexibility index (Phi) is 5.62. The monoisotopic (exact) mass is 370 g/mol. The van der Waals surface area contributed by atoms with Crippen LogP contribution in [-0.4, -0.2) is 4.89 Å². The highest BCUT2D eigenvalue weighted by atomic mass is 35.5. The zero-order chi connectivity index (χ0) is 14.7. The van der Waals surface area contributed by atoms with Crippen molar-refractivity contribution in [1.82, 2.24) is 0 Å². The average molecular weight is 372 g/mol. The molecule has 0 radical (unpaired) electrons. The van der Waals surface area contributed by atoms with Crippen molar-refractivity contribution < 1.29 is 13.9 Å². The molecule has 106 valence electrons. The van der Waals surface area contributed by atoms with Gasteiger partial charge in [0.2, 0.25) is 0 Å². The minimum absolute atomic E-state index is 0.214. The quantitative estimate of drug-likeness (QED) is 0.672. The normalized spacial score (nSPS) is 10.7. The van der Waals surface area contributed by atoms with Crippen LogP contribution in [0.2, 0.25) is 20.1 Å². The molecular formula is C12H7Cl4O3P. The van der Waals surface area contributed by atoms with Gasteiger partial charge in [-0.2, -0.15) is 0 Å². The largest absolute Gasteiger partial charge is 0.460 e. The van der Waals surface area contributed by atoms with E-state index in [-0.39, 0.29) is 11.5 Å². The van der Waals surface area contributed by atoms with E-state index in [9.17, 15) is 4.89 Å². The summed E-state index contributed by atoms with van der Waals surface area (Å²) in [6.45, 7) is 0. The standard InChI is InChI=1S/C12H7Cl4O3P/c13-7-1-3-9(15)11(5-7)18-20(17)19-12-6-8(14)2-4-10(12)16/h1-6,17H. The van der Waals surface area contributed by atoms with Crippen LogP contribution in [-0.2, 0) is 0 Å². The van der Waals surface area contributed by atoms with Crippen molar-refractivity contribution in [3.05, 3.63) is 56.5 Å². The Morgan fingerprint density at radius 3 is 1.55 bits per heavy atom. The van der Waals surface area contributed by atoms with Crippen molar-refractivity contribution in [3.8, 4) is 11.5 Å². The third-order valence-corrected chi connectivity index (χ3v) is 3.94. The summed E-state index contributed by atoms with van der Waals surface area (Å²) in [7, 11) is -2.28. The second kappa shape index (κ2) is 7.04. The third kappa shape index (κ3) is 4.29. The molecule has 20 heavy (non-hydrogen) atoms. The molecule has 2 rings (SSSR count). The number of hydrogen-bond acceptors (Lipinski definition) is 3. The van der Waals surface area contributed by atoms with E-state index in [1.165, 1.54) is 12.1 Å². The molecule has 0 aliphatic rings. The summed E-state index contributed by atoms with van der Waals surface area (Å²) in [5.41, 5.74) is 0. The number of hydrogen-bond donors (Lipinski definition) is 1. The maximum Gasteiger partial charge on any atom is 0.460 e. The Bertz CT molecular complexity index is 570. The van der Waals surface area contributed by atoms with E-state index in [0.29, 0.717) is 20.1 Å². The molecule has 0 aliphatic carbocycles. The topological polar surface area (TPSA) is 38.7 Å². The van der Waals surface area contributed by atoms with Gasteiger partial charge in [0.1, 0.15) is 11.5 Å². The van der Waals surface area contributed by atoms with Crippen LogP contribution in [0, 0.1) is 0 Å². The van der Waals surface area contributed by atoms with Gasteiger partial charge in [0.25, 0.3) is 0 Å². The molecule has 0 aromatic heterocycles. The van der Waals surface area contributed by atoms with Crippen molar-refractivity contribution >= 4 is 55.0 Å². The van der Waals surface area contributed by atoms with E-state index in [1.54, 1.807) is 24.3 Å². The van der Waals surface area contributed by atoms with Gasteiger partial charge in [-0.25, -0.2) is 0 Å². The fraction of sp³-hybridized carbons (Fsp3) is 0. The molecular weight excluding hydrogens is 365 g/mol. The molecule has 0 unspecified atom stereocenters. The first-order valence-corrected chi connectivity index (χ1v) is 7.85. The highest BCUT2D eigenvalue weighted by molar-refractivity contribution is 7.41. The van der Waals surface area contributed by atoms with E-state index in [2.05, 4.69) is 0 Å². The van der Waals surface area contributed by atoms with Gasteiger partial charge in [0, 0.05) is 22.2 Å². The molecule has 0 atom stereocenters. The molecule has 3 nitrogen and oxygen atoms in total.